The van der Waals surface area contributed by atoms with Crippen LogP contribution in [0.4, 0.5) is 10.1 Å². The molecule has 1 heterocycles. The standard InChI is InChI=1S/C27H26ClFN2O5.C2H6/c1-15-8-21-22(14-30-25(21)23(29)9-15)27(33)26(20-5-4-16(28)10-24(20)35-3)31-17-11-18(34-2)13-19(12-17)36-7-6-32;1-2/h4-5,8-14,26,30-32H,6-7H2,1-3H3;1-2H3. The summed E-state index contributed by atoms with van der Waals surface area (Å²) in [4.78, 5) is 16.9. The molecule has 1 unspecified atom stereocenters. The van der Waals surface area contributed by atoms with Gasteiger partial charge in [0.15, 0.2) is 5.78 Å². The summed E-state index contributed by atoms with van der Waals surface area (Å²) in [6, 6.07) is 12.3. The van der Waals surface area contributed by atoms with E-state index in [9.17, 15) is 9.18 Å². The van der Waals surface area contributed by atoms with Crippen LogP contribution in [0.3, 0.4) is 0 Å². The lowest BCUT2D eigenvalue weighted by molar-refractivity contribution is 0.0970. The van der Waals surface area contributed by atoms with E-state index >= 15 is 0 Å². The Kier molecular flexibility index (Phi) is 9.98. The Morgan fingerprint density at radius 3 is 2.50 bits per heavy atom. The van der Waals surface area contributed by atoms with Gasteiger partial charge in [-0.1, -0.05) is 31.5 Å². The van der Waals surface area contributed by atoms with Crippen LogP contribution >= 0.6 is 11.6 Å². The van der Waals surface area contributed by atoms with Crippen LogP contribution < -0.4 is 19.5 Å². The summed E-state index contributed by atoms with van der Waals surface area (Å²) in [5, 5.41) is 13.3. The summed E-state index contributed by atoms with van der Waals surface area (Å²) < 4.78 is 31.0. The lowest BCUT2D eigenvalue weighted by atomic mass is 9.95. The Morgan fingerprint density at radius 1 is 1.08 bits per heavy atom. The molecule has 3 aromatic carbocycles. The van der Waals surface area contributed by atoms with Crippen molar-refractivity contribution in [2.45, 2.75) is 26.8 Å². The van der Waals surface area contributed by atoms with Gasteiger partial charge in [-0.3, -0.25) is 4.79 Å². The molecule has 0 aliphatic heterocycles. The number of carbonyl (C=O) groups excluding carboxylic acids is 1. The van der Waals surface area contributed by atoms with E-state index in [1.54, 1.807) is 49.4 Å². The number of ketones is 1. The molecule has 0 aliphatic rings. The SMILES string of the molecule is CC.COc1cc(NC(C(=O)c2c[nH]c3c(F)cc(C)cc23)c2ccc(Cl)cc2OC)cc(OCCO)c1. The van der Waals surface area contributed by atoms with Gasteiger partial charge in [-0.05, 0) is 36.8 Å². The monoisotopic (exact) mass is 542 g/mol. The van der Waals surface area contributed by atoms with Gasteiger partial charge in [0.2, 0.25) is 0 Å². The number of hydrogen-bond donors (Lipinski definition) is 3. The molecule has 202 valence electrons. The molecule has 0 amide bonds. The van der Waals surface area contributed by atoms with Crippen molar-refractivity contribution >= 4 is 34.0 Å². The van der Waals surface area contributed by atoms with Gasteiger partial charge in [-0.15, -0.1) is 0 Å². The van der Waals surface area contributed by atoms with Crippen LogP contribution in [0.1, 0.15) is 41.4 Å². The van der Waals surface area contributed by atoms with Crippen LogP contribution in [0.25, 0.3) is 10.9 Å². The molecule has 1 aromatic heterocycles. The van der Waals surface area contributed by atoms with Gasteiger partial charge in [0.1, 0.15) is 35.7 Å². The van der Waals surface area contributed by atoms with Gasteiger partial charge >= 0.3 is 0 Å². The molecule has 4 rings (SSSR count). The molecule has 0 saturated carbocycles. The second-order valence-electron chi connectivity index (χ2n) is 8.17. The second-order valence-corrected chi connectivity index (χ2v) is 8.61. The first-order chi connectivity index (χ1) is 18.3. The number of aromatic nitrogens is 1. The van der Waals surface area contributed by atoms with Gasteiger partial charge in [0.25, 0.3) is 0 Å². The number of carbonyl (C=O) groups is 1. The molecular formula is C29H32ClFN2O5. The van der Waals surface area contributed by atoms with Crippen molar-refractivity contribution in [1.82, 2.24) is 4.98 Å². The number of halogens is 2. The van der Waals surface area contributed by atoms with Crippen LogP contribution in [0, 0.1) is 12.7 Å². The number of Topliss-reactive ketones (excluding diaryl/α,β-unsaturated/α-hetero) is 1. The average Bonchev–Trinajstić information content (AvgIpc) is 3.35. The fraction of sp³-hybridized carbons (Fsp3) is 0.276. The number of rotatable bonds is 10. The molecule has 38 heavy (non-hydrogen) atoms. The first kappa shape index (κ1) is 28.8. The van der Waals surface area contributed by atoms with Crippen LogP contribution in [0.2, 0.25) is 5.02 Å². The number of ether oxygens (including phenoxy) is 3. The number of aryl methyl sites for hydroxylation is 1. The fourth-order valence-electron chi connectivity index (χ4n) is 4.08. The van der Waals surface area contributed by atoms with Crippen molar-refractivity contribution in [2.24, 2.45) is 0 Å². The molecule has 4 aromatic rings. The van der Waals surface area contributed by atoms with Gasteiger partial charge in [-0.25, -0.2) is 4.39 Å². The molecule has 7 nitrogen and oxygen atoms in total. The minimum atomic E-state index is -0.933. The second kappa shape index (κ2) is 13.2. The predicted molar refractivity (Wildman–Crippen MR) is 149 cm³/mol. The van der Waals surface area contributed by atoms with E-state index in [0.29, 0.717) is 50.0 Å². The largest absolute Gasteiger partial charge is 0.497 e. The third-order valence-electron chi connectivity index (χ3n) is 5.71. The highest BCUT2D eigenvalue weighted by Crippen LogP contribution is 2.36. The first-order valence-electron chi connectivity index (χ1n) is 12.2. The van der Waals surface area contributed by atoms with Crippen LogP contribution in [0.5, 0.6) is 17.2 Å². The summed E-state index contributed by atoms with van der Waals surface area (Å²) >= 11 is 6.18. The molecule has 0 spiro atoms. The molecule has 0 saturated heterocycles. The van der Waals surface area contributed by atoms with E-state index in [-0.39, 0.29) is 24.5 Å². The Morgan fingerprint density at radius 2 is 1.82 bits per heavy atom. The van der Waals surface area contributed by atoms with Gasteiger partial charge in [-0.2, -0.15) is 0 Å². The highest BCUT2D eigenvalue weighted by atomic mass is 35.5. The molecular weight excluding hydrogens is 511 g/mol. The summed E-state index contributed by atoms with van der Waals surface area (Å²) in [6.45, 7) is 5.71. The Hall–Kier alpha value is -3.75. The number of H-pyrrole nitrogens is 1. The Bertz CT molecular complexity index is 1410. The third-order valence-corrected chi connectivity index (χ3v) is 5.94. The van der Waals surface area contributed by atoms with E-state index in [1.165, 1.54) is 26.5 Å². The van der Waals surface area contributed by atoms with Crippen molar-refractivity contribution in [2.75, 3.05) is 32.8 Å². The molecule has 1 atom stereocenters. The first-order valence-corrected chi connectivity index (χ1v) is 12.6. The number of hydrogen-bond acceptors (Lipinski definition) is 6. The fourth-order valence-corrected chi connectivity index (χ4v) is 4.24. The van der Waals surface area contributed by atoms with E-state index < -0.39 is 11.9 Å². The van der Waals surface area contributed by atoms with Crippen molar-refractivity contribution in [3.63, 3.8) is 0 Å². The number of anilines is 1. The normalized spacial score (nSPS) is 11.4. The number of aliphatic hydroxyl groups excluding tert-OH is 1. The van der Waals surface area contributed by atoms with Gasteiger partial charge < -0.3 is 29.6 Å². The maximum atomic E-state index is 14.5. The van der Waals surface area contributed by atoms with Crippen LogP contribution in [-0.2, 0) is 0 Å². The van der Waals surface area contributed by atoms with E-state index in [1.807, 2.05) is 13.8 Å². The lowest BCUT2D eigenvalue weighted by Crippen LogP contribution is -2.22. The summed E-state index contributed by atoms with van der Waals surface area (Å²) in [5.74, 6) is 0.607. The third kappa shape index (κ3) is 6.38. The summed E-state index contributed by atoms with van der Waals surface area (Å²) in [6.07, 6.45) is 1.51. The van der Waals surface area contributed by atoms with Gasteiger partial charge in [0, 0.05) is 51.6 Å². The van der Waals surface area contributed by atoms with Crippen molar-refractivity contribution in [1.29, 1.82) is 0 Å². The van der Waals surface area contributed by atoms with E-state index in [4.69, 9.17) is 30.9 Å². The predicted octanol–water partition coefficient (Wildman–Crippen LogP) is 6.72. The molecule has 0 aliphatic carbocycles. The number of methoxy groups -OCH3 is 2. The zero-order valence-electron chi connectivity index (χ0n) is 22.0. The van der Waals surface area contributed by atoms with E-state index in [0.717, 1.165) is 0 Å². The topological polar surface area (TPSA) is 92.8 Å². The number of benzene rings is 3. The highest BCUT2D eigenvalue weighted by Gasteiger charge is 2.28. The summed E-state index contributed by atoms with van der Waals surface area (Å²) in [5.41, 5.74) is 2.34. The maximum absolute atomic E-state index is 14.5. The number of aliphatic hydroxyl groups is 1. The molecule has 3 N–H and O–H groups in total. The van der Waals surface area contributed by atoms with Crippen molar-refractivity contribution in [3.05, 3.63) is 82.3 Å². The van der Waals surface area contributed by atoms with E-state index in [2.05, 4.69) is 10.3 Å². The minimum absolute atomic E-state index is 0.0974. The highest BCUT2D eigenvalue weighted by molar-refractivity contribution is 6.30. The average molecular weight is 543 g/mol. The quantitative estimate of drug-likeness (QED) is 0.193. The lowest BCUT2D eigenvalue weighted by Gasteiger charge is -2.22. The zero-order chi connectivity index (χ0) is 27.8. The number of fused-ring (bicyclic) bond motifs is 1. The van der Waals surface area contributed by atoms with Crippen LogP contribution in [-0.4, -0.2) is 43.3 Å². The Balaban J connectivity index is 0.00000195. The minimum Gasteiger partial charge on any atom is -0.497 e. The zero-order valence-corrected chi connectivity index (χ0v) is 22.8. The summed E-state index contributed by atoms with van der Waals surface area (Å²) in [7, 11) is 3.01. The maximum Gasteiger partial charge on any atom is 0.191 e. The Labute approximate surface area is 226 Å². The molecule has 9 heteroatoms. The molecule has 0 bridgehead atoms. The molecule has 0 radical (unpaired) electrons. The molecule has 0 fully saturated rings. The number of nitrogens with one attached hydrogen (secondary N) is 2. The van der Waals surface area contributed by atoms with Crippen LogP contribution in [0.15, 0.2) is 54.7 Å². The van der Waals surface area contributed by atoms with Crippen molar-refractivity contribution in [3.8, 4) is 17.2 Å². The smallest absolute Gasteiger partial charge is 0.191 e. The van der Waals surface area contributed by atoms with Gasteiger partial charge in [0.05, 0.1) is 26.3 Å². The number of aromatic amines is 1. The van der Waals surface area contributed by atoms with Crippen molar-refractivity contribution < 1.29 is 28.5 Å².